The summed E-state index contributed by atoms with van der Waals surface area (Å²) >= 11 is 5.83. The molecule has 1 N–H and O–H groups in total. The summed E-state index contributed by atoms with van der Waals surface area (Å²) in [7, 11) is 0. The first-order chi connectivity index (χ1) is 9.58. The second kappa shape index (κ2) is 4.69. The molecule has 0 unspecified atom stereocenters. The number of hydrogen-bond donors (Lipinski definition) is 1. The lowest BCUT2D eigenvalue weighted by molar-refractivity contribution is 0.471. The fourth-order valence-electron chi connectivity index (χ4n) is 2.22. The van der Waals surface area contributed by atoms with Gasteiger partial charge in [-0.05, 0) is 36.2 Å². The second-order valence-corrected chi connectivity index (χ2v) is 5.01. The molecule has 3 nitrogen and oxygen atoms in total. The number of rotatable bonds is 1. The molecule has 1 aromatic heterocycles. The van der Waals surface area contributed by atoms with Gasteiger partial charge in [0.25, 0.3) is 0 Å². The van der Waals surface area contributed by atoms with Gasteiger partial charge in [0.1, 0.15) is 16.9 Å². The highest BCUT2D eigenvalue weighted by molar-refractivity contribution is 6.30. The maximum Gasteiger partial charge on any atom is 0.347 e. The van der Waals surface area contributed by atoms with Gasteiger partial charge in [-0.2, -0.15) is 0 Å². The van der Waals surface area contributed by atoms with Crippen molar-refractivity contribution in [2.24, 2.45) is 0 Å². The Bertz CT molecular complexity index is 848. The van der Waals surface area contributed by atoms with Crippen LogP contribution in [-0.2, 0) is 0 Å². The highest BCUT2D eigenvalue weighted by atomic mass is 35.5. The molecule has 20 heavy (non-hydrogen) atoms. The van der Waals surface area contributed by atoms with Crippen molar-refractivity contribution in [1.82, 2.24) is 0 Å². The summed E-state index contributed by atoms with van der Waals surface area (Å²) in [6.45, 7) is 1.83. The van der Waals surface area contributed by atoms with E-state index in [4.69, 9.17) is 16.0 Å². The van der Waals surface area contributed by atoms with Gasteiger partial charge in [-0.25, -0.2) is 4.79 Å². The normalized spacial score (nSPS) is 10.9. The van der Waals surface area contributed by atoms with Crippen molar-refractivity contribution >= 4 is 22.6 Å². The van der Waals surface area contributed by atoms with Crippen LogP contribution >= 0.6 is 11.6 Å². The van der Waals surface area contributed by atoms with Gasteiger partial charge >= 0.3 is 5.63 Å². The van der Waals surface area contributed by atoms with Crippen LogP contribution < -0.4 is 5.63 Å². The molecular weight excluding hydrogens is 276 g/mol. The van der Waals surface area contributed by atoms with Crippen molar-refractivity contribution < 1.29 is 9.52 Å². The Hall–Kier alpha value is -2.26. The molecule has 4 heteroatoms. The zero-order valence-corrected chi connectivity index (χ0v) is 11.4. The predicted molar refractivity (Wildman–Crippen MR) is 79.3 cm³/mol. The number of fused-ring (bicyclic) bond motifs is 1. The standard InChI is InChI=1S/C16H11ClO3/c1-9-3-2-4-12-14(18)13(16(19)20-15(9)12)10-5-7-11(17)8-6-10/h2-8,18H,1H3. The minimum atomic E-state index is -0.563. The second-order valence-electron chi connectivity index (χ2n) is 4.57. The lowest BCUT2D eigenvalue weighted by Gasteiger charge is -2.08. The van der Waals surface area contributed by atoms with Crippen molar-refractivity contribution in [2.45, 2.75) is 6.92 Å². The number of halogens is 1. The summed E-state index contributed by atoms with van der Waals surface area (Å²) in [6, 6.07) is 12.0. The van der Waals surface area contributed by atoms with Gasteiger partial charge in [0, 0.05) is 5.02 Å². The SMILES string of the molecule is Cc1cccc2c(O)c(-c3ccc(Cl)cc3)c(=O)oc12. The number of benzene rings is 2. The van der Waals surface area contributed by atoms with Crippen LogP contribution in [0.3, 0.4) is 0 Å². The van der Waals surface area contributed by atoms with Crippen LogP contribution in [0.2, 0.25) is 5.02 Å². The molecule has 0 amide bonds. The summed E-state index contributed by atoms with van der Waals surface area (Å²) in [4.78, 5) is 12.1. The maximum atomic E-state index is 12.1. The van der Waals surface area contributed by atoms with E-state index >= 15 is 0 Å². The third-order valence-corrected chi connectivity index (χ3v) is 3.49. The lowest BCUT2D eigenvalue weighted by Crippen LogP contribution is -2.04. The Labute approximate surface area is 120 Å². The Kier molecular flexibility index (Phi) is 2.99. The smallest absolute Gasteiger partial charge is 0.347 e. The molecule has 0 saturated heterocycles. The largest absolute Gasteiger partial charge is 0.506 e. The van der Waals surface area contributed by atoms with Crippen LogP contribution in [0, 0.1) is 6.92 Å². The summed E-state index contributed by atoms with van der Waals surface area (Å²) < 4.78 is 5.34. The Morgan fingerprint density at radius 3 is 2.50 bits per heavy atom. The average molecular weight is 287 g/mol. The molecule has 1 heterocycles. The molecule has 2 aromatic carbocycles. The third kappa shape index (κ3) is 1.96. The van der Waals surface area contributed by atoms with Crippen molar-refractivity contribution in [3.63, 3.8) is 0 Å². The maximum absolute atomic E-state index is 12.1. The Balaban J connectivity index is 2.37. The van der Waals surface area contributed by atoms with E-state index in [1.165, 1.54) is 0 Å². The molecule has 0 radical (unpaired) electrons. The van der Waals surface area contributed by atoms with Crippen LogP contribution in [0.1, 0.15) is 5.56 Å². The van der Waals surface area contributed by atoms with Gasteiger partial charge in [-0.15, -0.1) is 0 Å². The van der Waals surface area contributed by atoms with E-state index in [1.807, 2.05) is 19.1 Å². The number of aryl methyl sites for hydroxylation is 1. The summed E-state index contributed by atoms with van der Waals surface area (Å²) in [6.07, 6.45) is 0. The Morgan fingerprint density at radius 2 is 1.80 bits per heavy atom. The van der Waals surface area contributed by atoms with E-state index < -0.39 is 5.63 Å². The van der Waals surface area contributed by atoms with Crippen LogP contribution in [-0.4, -0.2) is 5.11 Å². The van der Waals surface area contributed by atoms with Gasteiger partial charge < -0.3 is 9.52 Å². The van der Waals surface area contributed by atoms with Gasteiger partial charge in [-0.1, -0.05) is 35.9 Å². The van der Waals surface area contributed by atoms with Gasteiger partial charge in [0.05, 0.1) is 5.39 Å². The topological polar surface area (TPSA) is 50.4 Å². The van der Waals surface area contributed by atoms with Crippen LogP contribution in [0.25, 0.3) is 22.1 Å². The molecule has 3 aromatic rings. The number of hydrogen-bond acceptors (Lipinski definition) is 3. The average Bonchev–Trinajstić information content (AvgIpc) is 2.42. The molecule has 0 bridgehead atoms. The fourth-order valence-corrected chi connectivity index (χ4v) is 2.35. The first kappa shape index (κ1) is 12.8. The van der Waals surface area contributed by atoms with Crippen LogP contribution in [0.5, 0.6) is 5.75 Å². The van der Waals surface area contributed by atoms with E-state index in [-0.39, 0.29) is 11.3 Å². The highest BCUT2D eigenvalue weighted by Crippen LogP contribution is 2.34. The fraction of sp³-hybridized carbons (Fsp3) is 0.0625. The molecule has 0 spiro atoms. The van der Waals surface area contributed by atoms with Crippen molar-refractivity contribution in [2.75, 3.05) is 0 Å². The summed E-state index contributed by atoms with van der Waals surface area (Å²) in [5.74, 6) is -0.0673. The molecule has 0 aliphatic carbocycles. The predicted octanol–water partition coefficient (Wildman–Crippen LogP) is 4.13. The van der Waals surface area contributed by atoms with Crippen molar-refractivity contribution in [3.05, 3.63) is 63.5 Å². The minimum absolute atomic E-state index is 0.0673. The molecule has 0 fully saturated rings. The lowest BCUT2D eigenvalue weighted by atomic mass is 10.0. The van der Waals surface area contributed by atoms with Crippen molar-refractivity contribution in [3.8, 4) is 16.9 Å². The minimum Gasteiger partial charge on any atom is -0.506 e. The van der Waals surface area contributed by atoms with E-state index in [0.29, 0.717) is 21.6 Å². The van der Waals surface area contributed by atoms with E-state index in [0.717, 1.165) is 5.56 Å². The first-order valence-corrected chi connectivity index (χ1v) is 6.47. The molecule has 0 aliphatic heterocycles. The molecule has 3 rings (SSSR count). The van der Waals surface area contributed by atoms with Gasteiger partial charge in [-0.3, -0.25) is 0 Å². The quantitative estimate of drug-likeness (QED) is 0.684. The van der Waals surface area contributed by atoms with E-state index in [2.05, 4.69) is 0 Å². The van der Waals surface area contributed by atoms with Crippen LogP contribution in [0.4, 0.5) is 0 Å². The third-order valence-electron chi connectivity index (χ3n) is 3.24. The molecule has 0 aliphatic rings. The van der Waals surface area contributed by atoms with Crippen molar-refractivity contribution in [1.29, 1.82) is 0 Å². The molecular formula is C16H11ClO3. The molecule has 0 atom stereocenters. The monoisotopic (exact) mass is 286 g/mol. The van der Waals surface area contributed by atoms with E-state index in [1.54, 1.807) is 30.3 Å². The summed E-state index contributed by atoms with van der Waals surface area (Å²) in [5, 5.41) is 11.5. The zero-order valence-electron chi connectivity index (χ0n) is 10.7. The summed E-state index contributed by atoms with van der Waals surface area (Å²) in [5.41, 5.74) is 1.38. The molecule has 100 valence electrons. The number of para-hydroxylation sites is 1. The Morgan fingerprint density at radius 1 is 1.10 bits per heavy atom. The van der Waals surface area contributed by atoms with Crippen LogP contribution in [0.15, 0.2) is 51.7 Å². The zero-order chi connectivity index (χ0) is 14.3. The first-order valence-electron chi connectivity index (χ1n) is 6.09. The van der Waals surface area contributed by atoms with Gasteiger partial charge in [0.15, 0.2) is 0 Å². The van der Waals surface area contributed by atoms with E-state index in [9.17, 15) is 9.90 Å². The van der Waals surface area contributed by atoms with Gasteiger partial charge in [0.2, 0.25) is 0 Å². The molecule has 0 saturated carbocycles. The highest BCUT2D eigenvalue weighted by Gasteiger charge is 2.16. The number of aromatic hydroxyl groups is 1.